The van der Waals surface area contributed by atoms with Gasteiger partial charge in [0.05, 0.1) is 0 Å². The van der Waals surface area contributed by atoms with E-state index >= 15 is 0 Å². The van der Waals surface area contributed by atoms with Crippen molar-refractivity contribution in [3.05, 3.63) is 12.2 Å². The number of rotatable bonds is 12. The normalized spacial score (nSPS) is 11.4. The molecule has 1 heteroatoms. The number of hydrogen-bond donors (Lipinski definition) is 0. The molecule has 0 amide bonds. The number of ether oxygens (including phenoxy) is 1. The molecule has 0 atom stereocenters. The first-order valence-electron chi connectivity index (χ1n) is 7.14. The second-order valence-corrected chi connectivity index (χ2v) is 4.37. The third-order valence-corrected chi connectivity index (χ3v) is 2.75. The molecule has 0 bridgehead atoms. The highest BCUT2D eigenvalue weighted by molar-refractivity contribution is 4.81. The van der Waals surface area contributed by atoms with Gasteiger partial charge < -0.3 is 4.74 Å². The van der Waals surface area contributed by atoms with Gasteiger partial charge in [-0.2, -0.15) is 0 Å². The molecule has 96 valence electrons. The Morgan fingerprint density at radius 3 is 2.00 bits per heavy atom. The lowest BCUT2D eigenvalue weighted by Crippen LogP contribution is -1.92. The first-order chi connectivity index (χ1) is 7.91. The first-order valence-corrected chi connectivity index (χ1v) is 7.14. The fraction of sp³-hybridized carbons (Fsp3) is 0.867. The third kappa shape index (κ3) is 13.7. The Morgan fingerprint density at radius 1 is 0.750 bits per heavy atom. The minimum Gasteiger partial charge on any atom is -0.382 e. The summed E-state index contributed by atoms with van der Waals surface area (Å²) >= 11 is 0. The van der Waals surface area contributed by atoms with E-state index in [4.69, 9.17) is 4.74 Å². The standard InChI is InChI=1S/C15H30O/c1-3-5-6-7-8-9-10-11-12-13-14-15-16-4-2/h10-11H,3-9,12-15H2,1-2H3/b11-10-. The Morgan fingerprint density at radius 2 is 1.38 bits per heavy atom. The number of allylic oxidation sites excluding steroid dienone is 2. The van der Waals surface area contributed by atoms with Gasteiger partial charge in [-0.3, -0.25) is 0 Å². The summed E-state index contributed by atoms with van der Waals surface area (Å²) in [6, 6.07) is 0. The van der Waals surface area contributed by atoms with E-state index in [1.54, 1.807) is 0 Å². The van der Waals surface area contributed by atoms with Crippen molar-refractivity contribution in [3.63, 3.8) is 0 Å². The zero-order chi connectivity index (χ0) is 11.9. The van der Waals surface area contributed by atoms with E-state index in [1.165, 1.54) is 57.8 Å². The van der Waals surface area contributed by atoms with Crippen molar-refractivity contribution in [1.29, 1.82) is 0 Å². The van der Waals surface area contributed by atoms with Crippen LogP contribution in [0.25, 0.3) is 0 Å². The molecule has 1 nitrogen and oxygen atoms in total. The van der Waals surface area contributed by atoms with E-state index in [-0.39, 0.29) is 0 Å². The Hall–Kier alpha value is -0.300. The predicted octanol–water partition coefficient (Wildman–Crippen LogP) is 5.11. The van der Waals surface area contributed by atoms with Gasteiger partial charge in [0.2, 0.25) is 0 Å². The molecule has 0 N–H and O–H groups in total. The lowest BCUT2D eigenvalue weighted by molar-refractivity contribution is 0.143. The van der Waals surface area contributed by atoms with Gasteiger partial charge in [-0.15, -0.1) is 0 Å². The molecule has 0 radical (unpaired) electrons. The van der Waals surface area contributed by atoms with E-state index in [0.717, 1.165) is 13.2 Å². The van der Waals surface area contributed by atoms with Crippen LogP contribution in [0.2, 0.25) is 0 Å². The molecule has 0 unspecified atom stereocenters. The highest BCUT2D eigenvalue weighted by atomic mass is 16.5. The van der Waals surface area contributed by atoms with E-state index in [0.29, 0.717) is 0 Å². The smallest absolute Gasteiger partial charge is 0.0466 e. The van der Waals surface area contributed by atoms with Gasteiger partial charge in [-0.05, 0) is 39.0 Å². The van der Waals surface area contributed by atoms with Crippen LogP contribution in [0.1, 0.15) is 71.6 Å². The summed E-state index contributed by atoms with van der Waals surface area (Å²) in [5.74, 6) is 0. The number of hydrogen-bond acceptors (Lipinski definition) is 1. The largest absolute Gasteiger partial charge is 0.382 e. The van der Waals surface area contributed by atoms with Crippen LogP contribution in [0.15, 0.2) is 12.2 Å². The molecule has 0 fully saturated rings. The summed E-state index contributed by atoms with van der Waals surface area (Å²) in [6.45, 7) is 6.11. The second kappa shape index (κ2) is 14.7. The quantitative estimate of drug-likeness (QED) is 0.332. The van der Waals surface area contributed by atoms with Crippen molar-refractivity contribution in [3.8, 4) is 0 Å². The Bertz CT molecular complexity index is 124. The third-order valence-electron chi connectivity index (χ3n) is 2.75. The zero-order valence-electron chi connectivity index (χ0n) is 11.3. The van der Waals surface area contributed by atoms with Crippen LogP contribution in [0.5, 0.6) is 0 Å². The van der Waals surface area contributed by atoms with Crippen LogP contribution in [-0.2, 0) is 4.74 Å². The molecule has 0 aromatic carbocycles. The van der Waals surface area contributed by atoms with Gasteiger partial charge in [-0.1, -0.05) is 44.8 Å². The van der Waals surface area contributed by atoms with Crippen molar-refractivity contribution in [1.82, 2.24) is 0 Å². The highest BCUT2D eigenvalue weighted by Crippen LogP contribution is 2.06. The van der Waals surface area contributed by atoms with Crippen LogP contribution < -0.4 is 0 Å². The molecule has 0 rings (SSSR count). The number of unbranched alkanes of at least 4 members (excludes halogenated alkanes) is 7. The van der Waals surface area contributed by atoms with Crippen molar-refractivity contribution >= 4 is 0 Å². The van der Waals surface area contributed by atoms with Gasteiger partial charge in [0, 0.05) is 13.2 Å². The summed E-state index contributed by atoms with van der Waals surface area (Å²) in [4.78, 5) is 0. The van der Waals surface area contributed by atoms with E-state index < -0.39 is 0 Å². The predicted molar refractivity (Wildman–Crippen MR) is 72.9 cm³/mol. The summed E-state index contributed by atoms with van der Waals surface area (Å²) in [7, 11) is 0. The minimum absolute atomic E-state index is 0.855. The molecular formula is C15H30O. The SMILES string of the molecule is CCCCCCC/C=C\CCCCOCC. The van der Waals surface area contributed by atoms with Crippen LogP contribution in [0.4, 0.5) is 0 Å². The van der Waals surface area contributed by atoms with Gasteiger partial charge in [0.15, 0.2) is 0 Å². The average Bonchev–Trinajstić information content (AvgIpc) is 2.31. The van der Waals surface area contributed by atoms with Crippen molar-refractivity contribution in [2.75, 3.05) is 13.2 Å². The van der Waals surface area contributed by atoms with Gasteiger partial charge in [-0.25, -0.2) is 0 Å². The summed E-state index contributed by atoms with van der Waals surface area (Å²) < 4.78 is 5.29. The molecule has 0 aliphatic heterocycles. The zero-order valence-corrected chi connectivity index (χ0v) is 11.3. The molecule has 0 aliphatic rings. The summed E-state index contributed by atoms with van der Waals surface area (Å²) in [5.41, 5.74) is 0. The molecule has 0 aromatic rings. The topological polar surface area (TPSA) is 9.23 Å². The molecular weight excluding hydrogens is 196 g/mol. The Kier molecular flexibility index (Phi) is 14.4. The van der Waals surface area contributed by atoms with Gasteiger partial charge in [0.25, 0.3) is 0 Å². The Labute approximate surface area is 102 Å². The van der Waals surface area contributed by atoms with Crippen molar-refractivity contribution in [2.24, 2.45) is 0 Å². The molecule has 0 heterocycles. The molecule has 0 saturated heterocycles. The van der Waals surface area contributed by atoms with Crippen LogP contribution in [-0.4, -0.2) is 13.2 Å². The fourth-order valence-corrected chi connectivity index (χ4v) is 1.71. The second-order valence-electron chi connectivity index (χ2n) is 4.37. The van der Waals surface area contributed by atoms with Gasteiger partial charge >= 0.3 is 0 Å². The Balaban J connectivity index is 2.98. The molecule has 0 spiro atoms. The molecule has 0 aliphatic carbocycles. The van der Waals surface area contributed by atoms with E-state index in [9.17, 15) is 0 Å². The molecule has 16 heavy (non-hydrogen) atoms. The molecule has 0 aromatic heterocycles. The maximum atomic E-state index is 5.29. The van der Waals surface area contributed by atoms with E-state index in [1.807, 2.05) is 0 Å². The first kappa shape index (κ1) is 15.7. The van der Waals surface area contributed by atoms with Gasteiger partial charge in [0.1, 0.15) is 0 Å². The van der Waals surface area contributed by atoms with E-state index in [2.05, 4.69) is 26.0 Å². The van der Waals surface area contributed by atoms with Crippen LogP contribution in [0.3, 0.4) is 0 Å². The highest BCUT2D eigenvalue weighted by Gasteiger charge is 1.87. The molecule has 0 saturated carbocycles. The average molecular weight is 226 g/mol. The van der Waals surface area contributed by atoms with Crippen LogP contribution >= 0.6 is 0 Å². The monoisotopic (exact) mass is 226 g/mol. The lowest BCUT2D eigenvalue weighted by Gasteiger charge is -1.98. The fourth-order valence-electron chi connectivity index (χ4n) is 1.71. The minimum atomic E-state index is 0.855. The maximum absolute atomic E-state index is 5.29. The van der Waals surface area contributed by atoms with Crippen LogP contribution in [0, 0.1) is 0 Å². The summed E-state index contributed by atoms with van der Waals surface area (Å²) in [5, 5.41) is 0. The lowest BCUT2D eigenvalue weighted by atomic mass is 10.1. The van der Waals surface area contributed by atoms with Crippen molar-refractivity contribution < 1.29 is 4.74 Å². The van der Waals surface area contributed by atoms with Crippen molar-refractivity contribution in [2.45, 2.75) is 71.6 Å². The maximum Gasteiger partial charge on any atom is 0.0466 e. The summed E-state index contributed by atoms with van der Waals surface area (Å²) in [6.07, 6.45) is 16.6.